The number of ether oxygens (including phenoxy) is 1. The third-order valence-corrected chi connectivity index (χ3v) is 5.83. The molecule has 0 spiro atoms. The van der Waals surface area contributed by atoms with Crippen LogP contribution in [0.2, 0.25) is 5.02 Å². The van der Waals surface area contributed by atoms with Crippen LogP contribution >= 0.6 is 22.9 Å². The molecule has 1 unspecified atom stereocenters. The summed E-state index contributed by atoms with van der Waals surface area (Å²) < 4.78 is 5.11. The van der Waals surface area contributed by atoms with Gasteiger partial charge in [-0.15, -0.1) is 11.3 Å². The summed E-state index contributed by atoms with van der Waals surface area (Å²) in [4.78, 5) is 28.9. The molecule has 28 heavy (non-hydrogen) atoms. The number of hydrogen-bond donors (Lipinski definition) is 1. The first-order chi connectivity index (χ1) is 13.3. The second-order valence-electron chi connectivity index (χ2n) is 6.79. The van der Waals surface area contributed by atoms with Crippen molar-refractivity contribution in [3.8, 4) is 5.75 Å². The molecule has 0 bridgehead atoms. The number of hydrogen-bond acceptors (Lipinski definition) is 5. The molecule has 1 atom stereocenters. The Bertz CT molecular complexity index is 924. The molecule has 0 aliphatic carbocycles. The normalized spacial score (nSPS) is 18.9. The fraction of sp³-hybridized carbons (Fsp3) is 0.300. The molecule has 148 valence electrons. The van der Waals surface area contributed by atoms with Gasteiger partial charge in [-0.2, -0.15) is 0 Å². The third kappa shape index (κ3) is 3.78. The van der Waals surface area contributed by atoms with Crippen molar-refractivity contribution in [1.82, 2.24) is 4.90 Å². The Hall–Kier alpha value is -2.35. The number of Topliss-reactive ketones (excluding diaryl/α,β-unsaturated/α-hetero) is 1. The quantitative estimate of drug-likeness (QED) is 0.426. The summed E-state index contributed by atoms with van der Waals surface area (Å²) in [5.41, 5.74) is 0.228. The average Bonchev–Trinajstić information content (AvgIpc) is 3.27. The Morgan fingerprint density at radius 2 is 2.07 bits per heavy atom. The molecule has 0 radical (unpaired) electrons. The van der Waals surface area contributed by atoms with Crippen LogP contribution in [0.1, 0.15) is 16.5 Å². The van der Waals surface area contributed by atoms with E-state index in [4.69, 9.17) is 16.3 Å². The van der Waals surface area contributed by atoms with E-state index in [2.05, 4.69) is 0 Å². The van der Waals surface area contributed by atoms with E-state index in [0.717, 1.165) is 9.78 Å². The van der Waals surface area contributed by atoms with Crippen LogP contribution in [0.5, 0.6) is 5.75 Å². The lowest BCUT2D eigenvalue weighted by Gasteiger charge is -2.26. The molecule has 1 fully saturated rings. The van der Waals surface area contributed by atoms with Gasteiger partial charge in [-0.05, 0) is 29.1 Å². The first-order valence-electron chi connectivity index (χ1n) is 8.78. The maximum absolute atomic E-state index is 13.2. The molecule has 8 heteroatoms. The molecule has 1 aliphatic heterocycles. The van der Waals surface area contributed by atoms with Gasteiger partial charge in [-0.1, -0.05) is 29.5 Å². The lowest BCUT2D eigenvalue weighted by molar-refractivity contribution is -0.857. The van der Waals surface area contributed by atoms with Gasteiger partial charge in [0.05, 0.1) is 45.4 Å². The summed E-state index contributed by atoms with van der Waals surface area (Å²) in [6, 6.07) is 7.60. The summed E-state index contributed by atoms with van der Waals surface area (Å²) >= 11 is 7.56. The van der Waals surface area contributed by atoms with Crippen LogP contribution in [0.15, 0.2) is 41.3 Å². The number of rotatable bonds is 6. The smallest absolute Gasteiger partial charge is 0.295 e. The lowest BCUT2D eigenvalue weighted by atomic mass is 10.00. The summed E-state index contributed by atoms with van der Waals surface area (Å²) in [6.07, 6.45) is 0. The van der Waals surface area contributed by atoms with Crippen molar-refractivity contribution in [1.29, 1.82) is 0 Å². The minimum atomic E-state index is -0.746. The van der Waals surface area contributed by atoms with Crippen LogP contribution in [0.4, 0.5) is 0 Å². The predicted molar refractivity (Wildman–Crippen MR) is 106 cm³/mol. The molecule has 1 saturated heterocycles. The molecule has 3 rings (SSSR count). The van der Waals surface area contributed by atoms with Crippen molar-refractivity contribution >= 4 is 40.4 Å². The van der Waals surface area contributed by atoms with Crippen molar-refractivity contribution in [2.75, 3.05) is 34.3 Å². The van der Waals surface area contributed by atoms with E-state index in [-0.39, 0.29) is 16.2 Å². The molecule has 0 saturated carbocycles. The number of halogens is 1. The lowest BCUT2D eigenvalue weighted by Crippen LogP contribution is -3.06. The van der Waals surface area contributed by atoms with Crippen molar-refractivity contribution in [2.45, 2.75) is 6.04 Å². The number of amides is 1. The second-order valence-corrected chi connectivity index (χ2v) is 8.18. The van der Waals surface area contributed by atoms with Crippen molar-refractivity contribution in [3.05, 3.63) is 56.7 Å². The van der Waals surface area contributed by atoms with Crippen molar-refractivity contribution in [3.63, 3.8) is 0 Å². The zero-order valence-corrected chi connectivity index (χ0v) is 17.4. The standard InChI is InChI=1S/C20H21ClN2O4S/c1-22(2)8-9-23-17(15-5-4-10-28-15)16(19(25)20(23)26)18(24)12-6-7-14(27-3)13(21)11-12/h4-7,10-11,17,24H,8-9H2,1-3H3/b18-16+. The number of nitrogens with one attached hydrogen (secondary N) is 1. The number of quaternary nitrogens is 1. The van der Waals surface area contributed by atoms with Crippen molar-refractivity contribution < 1.29 is 24.3 Å². The van der Waals surface area contributed by atoms with E-state index >= 15 is 0 Å². The number of thiophene rings is 1. The van der Waals surface area contributed by atoms with Crippen LogP contribution in [0, 0.1) is 0 Å². The molecule has 1 aliphatic rings. The molecule has 6 nitrogen and oxygen atoms in total. The Morgan fingerprint density at radius 1 is 1.32 bits per heavy atom. The Morgan fingerprint density at radius 3 is 2.64 bits per heavy atom. The number of methoxy groups -OCH3 is 1. The third-order valence-electron chi connectivity index (χ3n) is 4.61. The maximum Gasteiger partial charge on any atom is 0.295 e. The van der Waals surface area contributed by atoms with E-state index in [1.807, 2.05) is 31.6 Å². The molecule has 2 aromatic rings. The summed E-state index contributed by atoms with van der Waals surface area (Å²) in [6.45, 7) is 1.05. The fourth-order valence-corrected chi connectivity index (χ4v) is 4.25. The van der Waals surface area contributed by atoms with Gasteiger partial charge in [0.2, 0.25) is 5.78 Å². The van der Waals surface area contributed by atoms with Gasteiger partial charge >= 0.3 is 0 Å². The number of carbonyl (C=O) groups excluding carboxylic acids is 2. The fourth-order valence-electron chi connectivity index (χ4n) is 3.15. The topological polar surface area (TPSA) is 74.1 Å². The summed E-state index contributed by atoms with van der Waals surface area (Å²) in [7, 11) is 5.42. The van der Waals surface area contributed by atoms with Gasteiger partial charge in [0.25, 0.3) is 5.91 Å². The largest absolute Gasteiger partial charge is 0.872 e. The van der Waals surface area contributed by atoms with Gasteiger partial charge < -0.3 is 19.6 Å². The Kier molecular flexibility index (Phi) is 6.07. The highest BCUT2D eigenvalue weighted by Gasteiger charge is 2.44. The average molecular weight is 421 g/mol. The van der Waals surface area contributed by atoms with Gasteiger partial charge in [0, 0.05) is 10.5 Å². The summed E-state index contributed by atoms with van der Waals surface area (Å²) in [5, 5.41) is 15.3. The molecular formula is C20H21ClN2O4S. The molecule has 1 aromatic carbocycles. The van der Waals surface area contributed by atoms with E-state index in [9.17, 15) is 14.7 Å². The number of likely N-dealkylation sites (N-methyl/N-ethyl adjacent to an activating group) is 1. The number of likely N-dealkylation sites (tertiary alicyclic amines) is 1. The van der Waals surface area contributed by atoms with E-state index in [1.165, 1.54) is 29.4 Å². The minimum absolute atomic E-state index is 0.0255. The molecule has 2 heterocycles. The number of nitrogens with zero attached hydrogens (tertiary/aromatic N) is 1. The molecule has 1 amide bonds. The molecular weight excluding hydrogens is 400 g/mol. The van der Waals surface area contributed by atoms with Gasteiger partial charge in [-0.3, -0.25) is 9.59 Å². The van der Waals surface area contributed by atoms with E-state index < -0.39 is 23.5 Å². The molecule has 1 N–H and O–H groups in total. The monoisotopic (exact) mass is 420 g/mol. The Balaban J connectivity index is 2.10. The zero-order valence-electron chi connectivity index (χ0n) is 15.8. The maximum atomic E-state index is 13.2. The first kappa shape index (κ1) is 20.4. The van der Waals surface area contributed by atoms with Gasteiger partial charge in [0.15, 0.2) is 0 Å². The summed E-state index contributed by atoms with van der Waals surface area (Å²) in [5.74, 6) is -1.44. The van der Waals surface area contributed by atoms with Crippen LogP contribution in [0.25, 0.3) is 5.76 Å². The second kappa shape index (κ2) is 8.34. The van der Waals surface area contributed by atoms with Gasteiger partial charge in [-0.25, -0.2) is 0 Å². The number of carbonyl (C=O) groups is 2. The van der Waals surface area contributed by atoms with Crippen molar-refractivity contribution in [2.24, 2.45) is 0 Å². The highest BCUT2D eigenvalue weighted by Crippen LogP contribution is 2.40. The Labute approximate surface area is 172 Å². The van der Waals surface area contributed by atoms with Crippen LogP contribution < -0.4 is 14.7 Å². The van der Waals surface area contributed by atoms with E-state index in [1.54, 1.807) is 12.1 Å². The minimum Gasteiger partial charge on any atom is -0.872 e. The molecule has 1 aromatic heterocycles. The number of ketones is 1. The van der Waals surface area contributed by atoms with Gasteiger partial charge in [0.1, 0.15) is 5.75 Å². The van der Waals surface area contributed by atoms with E-state index in [0.29, 0.717) is 18.8 Å². The van der Waals surface area contributed by atoms with Crippen LogP contribution in [-0.4, -0.2) is 50.9 Å². The number of benzene rings is 1. The SMILES string of the molecule is COc1ccc(/C([O-])=C2\C(=O)C(=O)N(CC[NH+](C)C)C2c2cccs2)cc1Cl. The highest BCUT2D eigenvalue weighted by atomic mass is 35.5. The predicted octanol–water partition coefficient (Wildman–Crippen LogP) is 0.779. The van der Waals surface area contributed by atoms with Crippen LogP contribution in [0.3, 0.4) is 0 Å². The van der Waals surface area contributed by atoms with Crippen LogP contribution in [-0.2, 0) is 9.59 Å². The zero-order chi connectivity index (χ0) is 20.4. The highest BCUT2D eigenvalue weighted by molar-refractivity contribution is 7.10. The first-order valence-corrected chi connectivity index (χ1v) is 10.0.